The predicted octanol–water partition coefficient (Wildman–Crippen LogP) is 2.29. The van der Waals surface area contributed by atoms with Gasteiger partial charge in [-0.2, -0.15) is 0 Å². The lowest BCUT2D eigenvalue weighted by Gasteiger charge is -2.26. The van der Waals surface area contributed by atoms with Gasteiger partial charge in [0.05, 0.1) is 10.6 Å². The zero-order chi connectivity index (χ0) is 13.0. The normalized spacial score (nSPS) is 38.5. The lowest BCUT2D eigenvalue weighted by atomic mass is 9.94. The zero-order valence-electron chi connectivity index (χ0n) is 10.9. The molecule has 0 saturated heterocycles. The second kappa shape index (κ2) is 4.06. The number of nitrogens with one attached hydrogen (secondary N) is 1. The number of hydrogen-bond acceptors (Lipinski definition) is 3. The molecule has 2 fully saturated rings. The summed E-state index contributed by atoms with van der Waals surface area (Å²) >= 11 is 0. The molecule has 0 amide bonds. The lowest BCUT2D eigenvalue weighted by molar-refractivity contribution is 0.328. The number of sulfone groups is 1. The third kappa shape index (κ3) is 1.84. The summed E-state index contributed by atoms with van der Waals surface area (Å²) in [5, 5.41) is 3.64. The molecule has 3 aliphatic rings. The van der Waals surface area contributed by atoms with Crippen molar-refractivity contribution in [2.24, 2.45) is 11.8 Å². The highest BCUT2D eigenvalue weighted by molar-refractivity contribution is 7.91. The molecule has 19 heavy (non-hydrogen) atoms. The molecule has 0 aromatic heterocycles. The predicted molar refractivity (Wildman–Crippen MR) is 73.6 cm³/mol. The Morgan fingerprint density at radius 3 is 2.68 bits per heavy atom. The van der Waals surface area contributed by atoms with Crippen LogP contribution in [0.3, 0.4) is 0 Å². The summed E-state index contributed by atoms with van der Waals surface area (Å²) in [6.45, 7) is 0. The Kier molecular flexibility index (Phi) is 2.55. The largest absolute Gasteiger partial charge is 0.306 e. The minimum absolute atomic E-state index is 0.00514. The van der Waals surface area contributed by atoms with Crippen LogP contribution in [0.2, 0.25) is 0 Å². The summed E-state index contributed by atoms with van der Waals surface area (Å²) in [4.78, 5) is 0.538. The van der Waals surface area contributed by atoms with Crippen molar-refractivity contribution in [3.8, 4) is 0 Å². The maximum atomic E-state index is 12.2. The van der Waals surface area contributed by atoms with Gasteiger partial charge in [0.15, 0.2) is 9.84 Å². The molecule has 102 valence electrons. The van der Waals surface area contributed by atoms with Crippen LogP contribution in [0.4, 0.5) is 0 Å². The maximum absolute atomic E-state index is 12.2. The maximum Gasteiger partial charge on any atom is 0.180 e. The smallest absolute Gasteiger partial charge is 0.180 e. The molecule has 4 rings (SSSR count). The second-order valence-electron chi connectivity index (χ2n) is 6.32. The van der Waals surface area contributed by atoms with Gasteiger partial charge in [0.1, 0.15) is 0 Å². The van der Waals surface area contributed by atoms with Gasteiger partial charge in [-0.1, -0.05) is 24.6 Å². The van der Waals surface area contributed by atoms with E-state index >= 15 is 0 Å². The van der Waals surface area contributed by atoms with Crippen molar-refractivity contribution >= 4 is 9.84 Å². The van der Waals surface area contributed by atoms with Crippen LogP contribution in [0, 0.1) is 11.8 Å². The van der Waals surface area contributed by atoms with Gasteiger partial charge in [0.2, 0.25) is 0 Å². The van der Waals surface area contributed by atoms with E-state index < -0.39 is 9.84 Å². The highest BCUT2D eigenvalue weighted by atomic mass is 32.2. The first kappa shape index (κ1) is 11.9. The van der Waals surface area contributed by atoms with Crippen LogP contribution in [-0.2, 0) is 9.84 Å². The molecule has 2 aliphatic carbocycles. The fourth-order valence-electron chi connectivity index (χ4n) is 4.30. The van der Waals surface area contributed by atoms with Crippen LogP contribution >= 0.6 is 0 Å². The molecule has 1 aliphatic heterocycles. The van der Waals surface area contributed by atoms with E-state index in [2.05, 4.69) is 5.32 Å². The van der Waals surface area contributed by atoms with E-state index in [4.69, 9.17) is 0 Å². The average molecular weight is 277 g/mol. The Labute approximate surface area is 114 Å². The highest BCUT2D eigenvalue weighted by Crippen LogP contribution is 2.46. The SMILES string of the molecule is O=S1(=O)CC(NC2CC3CCC2C3)c2ccccc21. The molecule has 0 radical (unpaired) electrons. The van der Waals surface area contributed by atoms with Gasteiger partial charge < -0.3 is 5.32 Å². The Bertz CT molecular complexity index is 610. The van der Waals surface area contributed by atoms with Crippen LogP contribution in [0.5, 0.6) is 0 Å². The Morgan fingerprint density at radius 1 is 1.11 bits per heavy atom. The molecule has 1 aromatic rings. The van der Waals surface area contributed by atoms with Crippen molar-refractivity contribution in [3.63, 3.8) is 0 Å². The van der Waals surface area contributed by atoms with Crippen LogP contribution in [-0.4, -0.2) is 20.2 Å². The molecule has 4 heteroatoms. The van der Waals surface area contributed by atoms with E-state index in [1.54, 1.807) is 6.07 Å². The number of rotatable bonds is 2. The van der Waals surface area contributed by atoms with Crippen LogP contribution in [0.15, 0.2) is 29.2 Å². The molecular weight excluding hydrogens is 258 g/mol. The van der Waals surface area contributed by atoms with Gasteiger partial charge in [0.25, 0.3) is 0 Å². The van der Waals surface area contributed by atoms with Crippen molar-refractivity contribution in [3.05, 3.63) is 29.8 Å². The van der Waals surface area contributed by atoms with Gasteiger partial charge in [-0.05, 0) is 42.7 Å². The van der Waals surface area contributed by atoms with E-state index in [1.807, 2.05) is 18.2 Å². The molecule has 0 spiro atoms. The standard InChI is InChI=1S/C15H19NO2S/c17-19(18)9-14(12-3-1-2-4-15(12)19)16-13-8-10-5-6-11(13)7-10/h1-4,10-11,13-14,16H,5-9H2. The van der Waals surface area contributed by atoms with Crippen molar-refractivity contribution in [2.45, 2.75) is 42.7 Å². The first-order valence-corrected chi connectivity index (χ1v) is 8.86. The van der Waals surface area contributed by atoms with Crippen LogP contribution < -0.4 is 5.32 Å². The van der Waals surface area contributed by atoms with Gasteiger partial charge in [0, 0.05) is 12.1 Å². The van der Waals surface area contributed by atoms with E-state index in [9.17, 15) is 8.42 Å². The second-order valence-corrected chi connectivity index (χ2v) is 8.32. The third-order valence-corrected chi connectivity index (χ3v) is 6.98. The molecule has 1 heterocycles. The van der Waals surface area contributed by atoms with Crippen molar-refractivity contribution in [1.29, 1.82) is 0 Å². The number of hydrogen-bond donors (Lipinski definition) is 1. The van der Waals surface area contributed by atoms with E-state index in [-0.39, 0.29) is 11.8 Å². The van der Waals surface area contributed by atoms with Gasteiger partial charge in [-0.15, -0.1) is 0 Å². The summed E-state index contributed by atoms with van der Waals surface area (Å²) in [5.41, 5.74) is 0.977. The van der Waals surface area contributed by atoms with Crippen molar-refractivity contribution in [1.82, 2.24) is 5.32 Å². The van der Waals surface area contributed by atoms with Gasteiger partial charge >= 0.3 is 0 Å². The molecule has 4 unspecified atom stereocenters. The Morgan fingerprint density at radius 2 is 1.95 bits per heavy atom. The molecule has 2 saturated carbocycles. The first-order chi connectivity index (χ1) is 9.13. The molecule has 1 aromatic carbocycles. The Balaban J connectivity index is 1.60. The summed E-state index contributed by atoms with van der Waals surface area (Å²) in [6, 6.07) is 8.00. The monoisotopic (exact) mass is 277 g/mol. The average Bonchev–Trinajstić information content (AvgIpc) is 3.05. The quantitative estimate of drug-likeness (QED) is 0.902. The van der Waals surface area contributed by atoms with E-state index in [0.29, 0.717) is 10.9 Å². The summed E-state index contributed by atoms with van der Waals surface area (Å²) in [6.07, 6.45) is 5.29. The number of fused-ring (bicyclic) bond motifs is 3. The highest BCUT2D eigenvalue weighted by Gasteiger charge is 2.42. The zero-order valence-corrected chi connectivity index (χ0v) is 11.7. The molecule has 3 nitrogen and oxygen atoms in total. The van der Waals surface area contributed by atoms with Crippen LogP contribution in [0.1, 0.15) is 37.3 Å². The third-order valence-electron chi connectivity index (χ3n) is 5.17. The van der Waals surface area contributed by atoms with Gasteiger partial charge in [-0.3, -0.25) is 0 Å². The van der Waals surface area contributed by atoms with Crippen molar-refractivity contribution < 1.29 is 8.42 Å². The van der Waals surface area contributed by atoms with Gasteiger partial charge in [-0.25, -0.2) is 8.42 Å². The molecule has 1 N–H and O–H groups in total. The molecule has 2 bridgehead atoms. The molecule has 4 atom stereocenters. The van der Waals surface area contributed by atoms with Crippen molar-refractivity contribution in [2.75, 3.05) is 5.75 Å². The van der Waals surface area contributed by atoms with Crippen LogP contribution in [0.25, 0.3) is 0 Å². The number of benzene rings is 1. The van der Waals surface area contributed by atoms with E-state index in [0.717, 1.165) is 17.4 Å². The fourth-order valence-corrected chi connectivity index (χ4v) is 6.05. The minimum Gasteiger partial charge on any atom is -0.306 e. The minimum atomic E-state index is -3.07. The lowest BCUT2D eigenvalue weighted by Crippen LogP contribution is -2.37. The van der Waals surface area contributed by atoms with E-state index in [1.165, 1.54) is 25.7 Å². The summed E-state index contributed by atoms with van der Waals surface area (Å²) < 4.78 is 24.3. The summed E-state index contributed by atoms with van der Waals surface area (Å²) in [7, 11) is -3.07. The Hall–Kier alpha value is -0.870. The summed E-state index contributed by atoms with van der Waals surface area (Å²) in [5.74, 6) is 1.90. The first-order valence-electron chi connectivity index (χ1n) is 7.21. The topological polar surface area (TPSA) is 46.2 Å². The fraction of sp³-hybridized carbons (Fsp3) is 0.600. The molecular formula is C15H19NO2S.